The molecule has 0 radical (unpaired) electrons. The van der Waals surface area contributed by atoms with Crippen LogP contribution < -0.4 is 0 Å². The van der Waals surface area contributed by atoms with Gasteiger partial charge in [-0.1, -0.05) is 6.07 Å². The molecule has 0 spiro atoms. The van der Waals surface area contributed by atoms with Gasteiger partial charge < -0.3 is 0 Å². The number of nitrogens with zero attached hydrogens (tertiary/aromatic N) is 3. The Balaban J connectivity index is 2.20. The molecule has 88 valence electrons. The van der Waals surface area contributed by atoms with Gasteiger partial charge in [-0.25, -0.2) is 4.98 Å². The summed E-state index contributed by atoms with van der Waals surface area (Å²) in [5, 5.41) is 0. The Morgan fingerprint density at radius 2 is 1.61 bits per heavy atom. The van der Waals surface area contributed by atoms with E-state index in [4.69, 9.17) is 0 Å². The van der Waals surface area contributed by atoms with Crippen LogP contribution in [-0.4, -0.2) is 15.0 Å². The van der Waals surface area contributed by atoms with Gasteiger partial charge in [0.15, 0.2) is 0 Å². The van der Waals surface area contributed by atoms with Crippen LogP contribution in [0, 0.1) is 13.8 Å². The minimum atomic E-state index is 0.811. The molecule has 1 aromatic carbocycles. The van der Waals surface area contributed by atoms with E-state index in [1.54, 1.807) is 12.4 Å². The lowest BCUT2D eigenvalue weighted by Gasteiger charge is -2.04. The molecule has 3 nitrogen and oxygen atoms in total. The Morgan fingerprint density at radius 1 is 0.833 bits per heavy atom. The standard InChI is InChI=1S/C15H13N3/c1-10-7-13-14(8-11(10)2)18-15(9-17-13)12-5-3-4-6-16-12/h3-9H,1-2H3. The number of fused-ring (bicyclic) bond motifs is 1. The van der Waals surface area contributed by atoms with E-state index in [1.807, 2.05) is 18.2 Å². The number of hydrogen-bond donors (Lipinski definition) is 0. The molecule has 0 amide bonds. The van der Waals surface area contributed by atoms with Crippen LogP contribution in [0.15, 0.2) is 42.7 Å². The highest BCUT2D eigenvalue weighted by molar-refractivity contribution is 5.78. The highest BCUT2D eigenvalue weighted by atomic mass is 14.8. The molecule has 0 aliphatic rings. The van der Waals surface area contributed by atoms with Crippen molar-refractivity contribution in [3.63, 3.8) is 0 Å². The molecule has 0 saturated heterocycles. The van der Waals surface area contributed by atoms with Crippen LogP contribution in [0.3, 0.4) is 0 Å². The van der Waals surface area contributed by atoms with E-state index in [1.165, 1.54) is 11.1 Å². The van der Waals surface area contributed by atoms with Crippen molar-refractivity contribution in [1.82, 2.24) is 15.0 Å². The first-order valence-electron chi connectivity index (χ1n) is 5.89. The summed E-state index contributed by atoms with van der Waals surface area (Å²) < 4.78 is 0. The molecule has 18 heavy (non-hydrogen) atoms. The molecule has 0 N–H and O–H groups in total. The van der Waals surface area contributed by atoms with Gasteiger partial charge in [-0.2, -0.15) is 0 Å². The summed E-state index contributed by atoms with van der Waals surface area (Å²) in [6.45, 7) is 4.17. The van der Waals surface area contributed by atoms with Crippen LogP contribution >= 0.6 is 0 Å². The Hall–Kier alpha value is -2.29. The summed E-state index contributed by atoms with van der Waals surface area (Å²) in [5.74, 6) is 0. The predicted octanol–water partition coefficient (Wildman–Crippen LogP) is 3.31. The summed E-state index contributed by atoms with van der Waals surface area (Å²) in [6, 6.07) is 9.93. The Bertz CT molecular complexity index is 706. The topological polar surface area (TPSA) is 38.7 Å². The average molecular weight is 235 g/mol. The number of pyridine rings is 1. The van der Waals surface area contributed by atoms with E-state index in [0.29, 0.717) is 0 Å². The molecule has 0 saturated carbocycles. The smallest absolute Gasteiger partial charge is 0.108 e. The minimum Gasteiger partial charge on any atom is -0.255 e. The maximum absolute atomic E-state index is 4.62. The van der Waals surface area contributed by atoms with Crippen molar-refractivity contribution in [3.8, 4) is 11.4 Å². The van der Waals surface area contributed by atoms with Gasteiger partial charge in [0.1, 0.15) is 5.69 Å². The highest BCUT2D eigenvalue weighted by Crippen LogP contribution is 2.19. The lowest BCUT2D eigenvalue weighted by atomic mass is 10.1. The lowest BCUT2D eigenvalue weighted by Crippen LogP contribution is -1.92. The van der Waals surface area contributed by atoms with Gasteiger partial charge in [0.25, 0.3) is 0 Å². The van der Waals surface area contributed by atoms with Crippen LogP contribution in [0.4, 0.5) is 0 Å². The summed E-state index contributed by atoms with van der Waals surface area (Å²) in [4.78, 5) is 13.4. The van der Waals surface area contributed by atoms with Gasteiger partial charge in [-0.15, -0.1) is 0 Å². The van der Waals surface area contributed by atoms with Crippen molar-refractivity contribution >= 4 is 11.0 Å². The van der Waals surface area contributed by atoms with E-state index in [0.717, 1.165) is 22.4 Å². The molecule has 0 bridgehead atoms. The maximum Gasteiger partial charge on any atom is 0.108 e. The highest BCUT2D eigenvalue weighted by Gasteiger charge is 2.04. The largest absolute Gasteiger partial charge is 0.255 e. The third-order valence-corrected chi connectivity index (χ3v) is 3.09. The summed E-state index contributed by atoms with van der Waals surface area (Å²) in [7, 11) is 0. The van der Waals surface area contributed by atoms with Crippen molar-refractivity contribution in [2.24, 2.45) is 0 Å². The molecular weight excluding hydrogens is 222 g/mol. The Morgan fingerprint density at radius 3 is 2.33 bits per heavy atom. The average Bonchev–Trinajstić information content (AvgIpc) is 2.41. The zero-order chi connectivity index (χ0) is 12.5. The van der Waals surface area contributed by atoms with Crippen LogP contribution in [0.2, 0.25) is 0 Å². The lowest BCUT2D eigenvalue weighted by molar-refractivity contribution is 1.22. The first kappa shape index (κ1) is 10.8. The molecule has 0 aliphatic carbocycles. The summed E-state index contributed by atoms with van der Waals surface area (Å²) in [6.07, 6.45) is 3.54. The fourth-order valence-corrected chi connectivity index (χ4v) is 1.91. The second kappa shape index (κ2) is 4.18. The van der Waals surface area contributed by atoms with Gasteiger partial charge in [0.2, 0.25) is 0 Å². The second-order valence-electron chi connectivity index (χ2n) is 4.40. The molecule has 0 fully saturated rings. The third kappa shape index (κ3) is 1.84. The minimum absolute atomic E-state index is 0.811. The normalized spacial score (nSPS) is 10.8. The Labute approximate surface area is 106 Å². The molecule has 3 aromatic rings. The number of aromatic nitrogens is 3. The van der Waals surface area contributed by atoms with E-state index < -0.39 is 0 Å². The van der Waals surface area contributed by atoms with Crippen molar-refractivity contribution in [3.05, 3.63) is 53.9 Å². The first-order valence-corrected chi connectivity index (χ1v) is 5.89. The SMILES string of the molecule is Cc1cc2ncc(-c3ccccn3)nc2cc1C. The maximum atomic E-state index is 4.62. The van der Waals surface area contributed by atoms with Crippen molar-refractivity contribution in [1.29, 1.82) is 0 Å². The third-order valence-electron chi connectivity index (χ3n) is 3.09. The van der Waals surface area contributed by atoms with Crippen molar-refractivity contribution in [2.45, 2.75) is 13.8 Å². The molecule has 2 aromatic heterocycles. The predicted molar refractivity (Wildman–Crippen MR) is 72.2 cm³/mol. The molecule has 3 rings (SSSR count). The molecule has 0 unspecified atom stereocenters. The van der Waals surface area contributed by atoms with Crippen LogP contribution in [-0.2, 0) is 0 Å². The Kier molecular flexibility index (Phi) is 2.52. The quantitative estimate of drug-likeness (QED) is 0.649. The van der Waals surface area contributed by atoms with Gasteiger partial charge in [-0.3, -0.25) is 9.97 Å². The fourth-order valence-electron chi connectivity index (χ4n) is 1.91. The van der Waals surface area contributed by atoms with Gasteiger partial charge in [-0.05, 0) is 49.2 Å². The summed E-state index contributed by atoms with van der Waals surface area (Å²) in [5.41, 5.74) is 5.98. The van der Waals surface area contributed by atoms with Gasteiger partial charge in [0.05, 0.1) is 22.9 Å². The number of hydrogen-bond acceptors (Lipinski definition) is 3. The van der Waals surface area contributed by atoms with E-state index >= 15 is 0 Å². The molecule has 3 heteroatoms. The fraction of sp³-hybridized carbons (Fsp3) is 0.133. The van der Waals surface area contributed by atoms with Crippen LogP contribution in [0.5, 0.6) is 0 Å². The first-order chi connectivity index (χ1) is 8.74. The van der Waals surface area contributed by atoms with E-state index in [2.05, 4.69) is 40.9 Å². The number of benzene rings is 1. The zero-order valence-corrected chi connectivity index (χ0v) is 10.4. The van der Waals surface area contributed by atoms with E-state index in [9.17, 15) is 0 Å². The number of rotatable bonds is 1. The van der Waals surface area contributed by atoms with Crippen LogP contribution in [0.1, 0.15) is 11.1 Å². The number of aryl methyl sites for hydroxylation is 2. The molecular formula is C15H13N3. The van der Waals surface area contributed by atoms with Gasteiger partial charge >= 0.3 is 0 Å². The molecule has 0 atom stereocenters. The molecule has 0 aliphatic heterocycles. The summed E-state index contributed by atoms with van der Waals surface area (Å²) >= 11 is 0. The molecule has 2 heterocycles. The van der Waals surface area contributed by atoms with Crippen LogP contribution in [0.25, 0.3) is 22.4 Å². The van der Waals surface area contributed by atoms with Gasteiger partial charge in [0, 0.05) is 6.20 Å². The van der Waals surface area contributed by atoms with E-state index in [-0.39, 0.29) is 0 Å². The monoisotopic (exact) mass is 235 g/mol. The zero-order valence-electron chi connectivity index (χ0n) is 10.4. The van der Waals surface area contributed by atoms with Crippen molar-refractivity contribution < 1.29 is 0 Å². The second-order valence-corrected chi connectivity index (χ2v) is 4.40. The van der Waals surface area contributed by atoms with Crippen molar-refractivity contribution in [2.75, 3.05) is 0 Å².